The van der Waals surface area contributed by atoms with Gasteiger partial charge in [-0.05, 0) is 64.5 Å². The number of carbonyl (C=O) groups excluding carboxylic acids is 2. The molecular weight excluding hydrogens is 484 g/mol. The summed E-state index contributed by atoms with van der Waals surface area (Å²) in [5.74, 6) is -0.833. The summed E-state index contributed by atoms with van der Waals surface area (Å²) in [7, 11) is 1.33. The zero-order valence-electron chi connectivity index (χ0n) is 22.6. The minimum Gasteiger partial charge on any atom is -0.464 e. The van der Waals surface area contributed by atoms with Crippen molar-refractivity contribution in [2.24, 2.45) is 0 Å². The third-order valence-electron chi connectivity index (χ3n) is 6.66. The third kappa shape index (κ3) is 6.71. The van der Waals surface area contributed by atoms with E-state index in [0.29, 0.717) is 42.7 Å². The first-order valence-corrected chi connectivity index (χ1v) is 13.2. The summed E-state index contributed by atoms with van der Waals surface area (Å²) < 4.78 is 12.6. The Balaban J connectivity index is 1.72. The molecule has 0 saturated carbocycles. The van der Waals surface area contributed by atoms with Crippen LogP contribution in [0.1, 0.15) is 62.5 Å². The van der Waals surface area contributed by atoms with Gasteiger partial charge < -0.3 is 29.8 Å². The van der Waals surface area contributed by atoms with E-state index >= 15 is 0 Å². The molecule has 9 heteroatoms. The van der Waals surface area contributed by atoms with Crippen LogP contribution in [0.2, 0.25) is 0 Å². The molecule has 2 aromatic heterocycles. The maximum Gasteiger partial charge on any atom is 0.356 e. The molecule has 2 atom stereocenters. The predicted octanol–water partition coefficient (Wildman–Crippen LogP) is 4.53. The van der Waals surface area contributed by atoms with Crippen molar-refractivity contribution in [1.82, 2.24) is 9.55 Å². The minimum absolute atomic E-state index is 0.0350. The molecule has 204 valence electrons. The Labute approximate surface area is 223 Å². The van der Waals surface area contributed by atoms with Gasteiger partial charge in [-0.25, -0.2) is 9.78 Å². The van der Waals surface area contributed by atoms with Crippen LogP contribution in [-0.2, 0) is 27.2 Å². The highest BCUT2D eigenvalue weighted by atomic mass is 16.5. The highest BCUT2D eigenvalue weighted by Crippen LogP contribution is 2.34. The molecule has 1 saturated heterocycles. The normalized spacial score (nSPS) is 16.4. The van der Waals surface area contributed by atoms with E-state index in [0.717, 1.165) is 24.9 Å². The summed E-state index contributed by atoms with van der Waals surface area (Å²) in [6.45, 7) is 6.57. The summed E-state index contributed by atoms with van der Waals surface area (Å²) in [5.41, 5.74) is 2.32. The number of anilines is 2. The fourth-order valence-corrected chi connectivity index (χ4v) is 5.12. The Morgan fingerprint density at radius 1 is 1.29 bits per heavy atom. The van der Waals surface area contributed by atoms with E-state index in [2.05, 4.69) is 22.8 Å². The number of pyridine rings is 1. The van der Waals surface area contributed by atoms with E-state index in [4.69, 9.17) is 14.5 Å². The quantitative estimate of drug-likeness (QED) is 0.317. The zero-order valence-corrected chi connectivity index (χ0v) is 22.6. The van der Waals surface area contributed by atoms with Crippen molar-refractivity contribution < 1.29 is 24.2 Å². The molecule has 0 aliphatic carbocycles. The number of hydrogen-bond donors (Lipinski definition) is 3. The molecule has 0 unspecified atom stereocenters. The second-order valence-corrected chi connectivity index (χ2v) is 10.6. The molecule has 4 rings (SSSR count). The van der Waals surface area contributed by atoms with Gasteiger partial charge in [-0.1, -0.05) is 30.3 Å². The van der Waals surface area contributed by atoms with Crippen molar-refractivity contribution >= 4 is 34.3 Å². The molecule has 0 bridgehead atoms. The number of rotatable bonds is 11. The van der Waals surface area contributed by atoms with Gasteiger partial charge in [0.2, 0.25) is 0 Å². The molecule has 3 aromatic rings. The van der Waals surface area contributed by atoms with Gasteiger partial charge >= 0.3 is 5.97 Å². The summed E-state index contributed by atoms with van der Waals surface area (Å²) in [6.07, 6.45) is 4.73. The standard InChI is InChI=1S/C29H38N4O5/c1-19(17-29(2,3)36)31-21-16-22-24(32-27(34)23-13-9-15-38-23)25(28(35)37-4)33(26(22)30-18-21)14-8-12-20-10-6-5-7-11-20/h5-7,10-11,16,18-19,23,31,36H,8-9,12-15,17H2,1-4H3,(H,32,34)/t19-,23+/m0/s1. The molecule has 1 aliphatic heterocycles. The van der Waals surface area contributed by atoms with Crippen LogP contribution in [-0.4, -0.2) is 58.0 Å². The van der Waals surface area contributed by atoms with E-state index in [-0.39, 0.29) is 17.6 Å². The van der Waals surface area contributed by atoms with E-state index in [1.165, 1.54) is 12.7 Å². The Morgan fingerprint density at radius 3 is 2.71 bits per heavy atom. The van der Waals surface area contributed by atoms with Gasteiger partial charge in [0.05, 0.1) is 30.3 Å². The lowest BCUT2D eigenvalue weighted by molar-refractivity contribution is -0.124. The highest BCUT2D eigenvalue weighted by molar-refractivity contribution is 6.12. The lowest BCUT2D eigenvalue weighted by atomic mass is 10.0. The summed E-state index contributed by atoms with van der Waals surface area (Å²) in [5, 5.41) is 17.2. The maximum absolute atomic E-state index is 13.1. The second-order valence-electron chi connectivity index (χ2n) is 10.6. The lowest BCUT2D eigenvalue weighted by Crippen LogP contribution is -2.29. The van der Waals surface area contributed by atoms with Gasteiger partial charge in [-0.15, -0.1) is 0 Å². The van der Waals surface area contributed by atoms with Crippen molar-refractivity contribution in [2.45, 2.75) is 77.2 Å². The predicted molar refractivity (Wildman–Crippen MR) is 147 cm³/mol. The number of benzene rings is 1. The topological polar surface area (TPSA) is 115 Å². The fraction of sp³-hybridized carbons (Fsp3) is 0.483. The molecule has 1 aromatic carbocycles. The molecule has 3 N–H and O–H groups in total. The highest BCUT2D eigenvalue weighted by Gasteiger charge is 2.30. The fourth-order valence-electron chi connectivity index (χ4n) is 5.12. The molecule has 1 amide bonds. The van der Waals surface area contributed by atoms with Gasteiger partial charge in [0.25, 0.3) is 5.91 Å². The summed E-state index contributed by atoms with van der Waals surface area (Å²) in [6, 6.07) is 12.0. The van der Waals surface area contributed by atoms with Crippen LogP contribution in [0.5, 0.6) is 0 Å². The smallest absolute Gasteiger partial charge is 0.356 e. The monoisotopic (exact) mass is 522 g/mol. The maximum atomic E-state index is 13.1. The Bertz CT molecular complexity index is 1260. The second kappa shape index (κ2) is 12.0. The van der Waals surface area contributed by atoms with Crippen LogP contribution in [0.25, 0.3) is 11.0 Å². The first kappa shape index (κ1) is 27.6. The number of esters is 1. The average molecular weight is 523 g/mol. The number of aromatic nitrogens is 2. The Morgan fingerprint density at radius 2 is 2.05 bits per heavy atom. The number of amides is 1. The molecule has 1 aliphatic rings. The van der Waals surface area contributed by atoms with Crippen LogP contribution >= 0.6 is 0 Å². The molecule has 0 radical (unpaired) electrons. The largest absolute Gasteiger partial charge is 0.464 e. The van der Waals surface area contributed by atoms with Gasteiger partial charge in [0, 0.05) is 24.6 Å². The zero-order chi connectivity index (χ0) is 27.3. The van der Waals surface area contributed by atoms with Crippen LogP contribution in [0.4, 0.5) is 11.4 Å². The van der Waals surface area contributed by atoms with E-state index in [1.807, 2.05) is 35.8 Å². The molecule has 9 nitrogen and oxygen atoms in total. The lowest BCUT2D eigenvalue weighted by Gasteiger charge is -2.23. The van der Waals surface area contributed by atoms with Crippen molar-refractivity contribution in [1.29, 1.82) is 0 Å². The van der Waals surface area contributed by atoms with Crippen LogP contribution in [0.15, 0.2) is 42.6 Å². The number of fused-ring (bicyclic) bond motifs is 1. The van der Waals surface area contributed by atoms with Crippen LogP contribution < -0.4 is 10.6 Å². The van der Waals surface area contributed by atoms with Crippen LogP contribution in [0, 0.1) is 0 Å². The van der Waals surface area contributed by atoms with E-state index < -0.39 is 17.7 Å². The molecule has 3 heterocycles. The van der Waals surface area contributed by atoms with Crippen LogP contribution in [0.3, 0.4) is 0 Å². The third-order valence-corrected chi connectivity index (χ3v) is 6.66. The number of nitrogens with one attached hydrogen (secondary N) is 2. The summed E-state index contributed by atoms with van der Waals surface area (Å²) >= 11 is 0. The number of carbonyl (C=O) groups is 2. The van der Waals surface area contributed by atoms with E-state index in [9.17, 15) is 14.7 Å². The molecule has 38 heavy (non-hydrogen) atoms. The van der Waals surface area contributed by atoms with Gasteiger partial charge in [-0.3, -0.25) is 4.79 Å². The number of hydrogen-bond acceptors (Lipinski definition) is 7. The van der Waals surface area contributed by atoms with Gasteiger partial charge in [-0.2, -0.15) is 0 Å². The number of ether oxygens (including phenoxy) is 2. The minimum atomic E-state index is -0.829. The SMILES string of the molecule is COC(=O)c1c(NC(=O)[C@H]2CCCO2)c2cc(N[C@@H](C)CC(C)(C)O)cnc2n1CCCc1ccccc1. The first-order valence-electron chi connectivity index (χ1n) is 13.2. The Hall–Kier alpha value is -3.43. The number of aryl methyl sites for hydroxylation is 2. The summed E-state index contributed by atoms with van der Waals surface area (Å²) in [4.78, 5) is 30.9. The number of methoxy groups -OCH3 is 1. The molecule has 0 spiro atoms. The number of aliphatic hydroxyl groups is 1. The Kier molecular flexibility index (Phi) is 8.69. The van der Waals surface area contributed by atoms with Gasteiger partial charge in [0.15, 0.2) is 5.69 Å². The average Bonchev–Trinajstić information content (AvgIpc) is 3.51. The molecule has 1 fully saturated rings. The van der Waals surface area contributed by atoms with Crippen molar-refractivity contribution in [2.75, 3.05) is 24.4 Å². The first-order chi connectivity index (χ1) is 18.2. The van der Waals surface area contributed by atoms with Crippen molar-refractivity contribution in [3.05, 3.63) is 53.9 Å². The van der Waals surface area contributed by atoms with Crippen molar-refractivity contribution in [3.8, 4) is 0 Å². The number of nitrogens with zero attached hydrogens (tertiary/aromatic N) is 2. The van der Waals surface area contributed by atoms with E-state index in [1.54, 1.807) is 20.0 Å². The molecular formula is C29H38N4O5. The van der Waals surface area contributed by atoms with Crippen molar-refractivity contribution in [3.63, 3.8) is 0 Å². The van der Waals surface area contributed by atoms with Gasteiger partial charge in [0.1, 0.15) is 11.8 Å².